The van der Waals surface area contributed by atoms with E-state index in [0.717, 1.165) is 35.0 Å². The molecule has 1 fully saturated rings. The molecule has 0 spiro atoms. The number of nitrogens with one attached hydrogen (secondary N) is 1. The van der Waals surface area contributed by atoms with Gasteiger partial charge in [-0.05, 0) is 32.3 Å². The van der Waals surface area contributed by atoms with Crippen LogP contribution in [0.1, 0.15) is 35.9 Å². The van der Waals surface area contributed by atoms with Gasteiger partial charge < -0.3 is 15.3 Å². The lowest BCUT2D eigenvalue weighted by Gasteiger charge is -2.35. The summed E-state index contributed by atoms with van der Waals surface area (Å²) in [4.78, 5) is 27.8. The van der Waals surface area contributed by atoms with Gasteiger partial charge in [-0.2, -0.15) is 0 Å². The van der Waals surface area contributed by atoms with Gasteiger partial charge in [0.05, 0.1) is 11.7 Å². The Morgan fingerprint density at radius 3 is 3.09 bits per heavy atom. The van der Waals surface area contributed by atoms with Crippen molar-refractivity contribution in [3.05, 3.63) is 29.0 Å². The van der Waals surface area contributed by atoms with E-state index in [9.17, 15) is 4.79 Å². The van der Waals surface area contributed by atoms with Crippen LogP contribution in [-0.2, 0) is 4.79 Å². The van der Waals surface area contributed by atoms with Crippen LogP contribution in [0, 0.1) is 6.92 Å². The summed E-state index contributed by atoms with van der Waals surface area (Å²) in [5.74, 6) is 0.220. The Hall–Kier alpha value is -2.06. The van der Waals surface area contributed by atoms with E-state index < -0.39 is 6.61 Å². The summed E-state index contributed by atoms with van der Waals surface area (Å²) < 4.78 is 0. The first-order chi connectivity index (χ1) is 11.2. The smallest absolute Gasteiger partial charge is 0.248 e. The zero-order valence-electron chi connectivity index (χ0n) is 12.9. The summed E-state index contributed by atoms with van der Waals surface area (Å²) in [6, 6.07) is 1.72. The molecule has 0 radical (unpaired) electrons. The topological polar surface area (TPSA) is 91.2 Å². The Bertz CT molecular complexity index is 690. The molecule has 23 heavy (non-hydrogen) atoms. The molecule has 0 unspecified atom stereocenters. The van der Waals surface area contributed by atoms with Crippen LogP contribution in [-0.4, -0.2) is 44.0 Å². The van der Waals surface area contributed by atoms with E-state index in [0.29, 0.717) is 12.5 Å². The molecule has 2 N–H and O–H groups in total. The first kappa shape index (κ1) is 15.8. The predicted octanol–water partition coefficient (Wildman–Crippen LogP) is 2.03. The number of thiazole rings is 1. The molecule has 1 amide bonds. The molecule has 122 valence electrons. The summed E-state index contributed by atoms with van der Waals surface area (Å²) in [6.45, 7) is 2.17. The van der Waals surface area contributed by atoms with Crippen molar-refractivity contribution in [3.63, 3.8) is 0 Å². The van der Waals surface area contributed by atoms with Crippen molar-refractivity contribution < 1.29 is 9.90 Å². The number of hydrogen-bond acceptors (Lipinski definition) is 7. The van der Waals surface area contributed by atoms with Gasteiger partial charge in [0.2, 0.25) is 11.9 Å². The van der Waals surface area contributed by atoms with E-state index in [1.165, 1.54) is 11.3 Å². The number of rotatable bonds is 4. The van der Waals surface area contributed by atoms with Crippen molar-refractivity contribution in [3.8, 4) is 0 Å². The molecular weight excluding hydrogens is 314 g/mol. The molecule has 1 aliphatic heterocycles. The Balaban J connectivity index is 1.81. The largest absolute Gasteiger partial charge is 0.387 e. The standard InChI is InChI=1S/C15H19N5O2S/c1-10-8-17-15(23-10)19-14-16-6-5-11(18-14)12-4-2-3-7-20(12)13(22)9-21/h5-6,8,12,21H,2-4,7,9H2,1H3,(H,16,17,18,19)/t12-/m1/s1. The quantitative estimate of drug-likeness (QED) is 0.889. The average molecular weight is 333 g/mol. The summed E-state index contributed by atoms with van der Waals surface area (Å²) in [6.07, 6.45) is 6.31. The molecule has 3 heterocycles. The molecule has 1 saturated heterocycles. The minimum Gasteiger partial charge on any atom is -0.387 e. The number of nitrogens with zero attached hydrogens (tertiary/aromatic N) is 4. The van der Waals surface area contributed by atoms with Crippen LogP contribution in [0.15, 0.2) is 18.5 Å². The highest BCUT2D eigenvalue weighted by molar-refractivity contribution is 7.15. The lowest BCUT2D eigenvalue weighted by Crippen LogP contribution is -2.40. The Morgan fingerprint density at radius 2 is 2.35 bits per heavy atom. The number of carbonyl (C=O) groups is 1. The van der Waals surface area contributed by atoms with Crippen molar-refractivity contribution in [1.29, 1.82) is 0 Å². The highest BCUT2D eigenvalue weighted by Crippen LogP contribution is 2.30. The lowest BCUT2D eigenvalue weighted by atomic mass is 9.99. The molecular formula is C15H19N5O2S. The van der Waals surface area contributed by atoms with Crippen molar-refractivity contribution in [2.24, 2.45) is 0 Å². The van der Waals surface area contributed by atoms with Gasteiger partial charge in [0.25, 0.3) is 0 Å². The predicted molar refractivity (Wildman–Crippen MR) is 87.6 cm³/mol. The number of aliphatic hydroxyl groups is 1. The number of likely N-dealkylation sites (tertiary alicyclic amines) is 1. The summed E-state index contributed by atoms with van der Waals surface area (Å²) >= 11 is 1.53. The van der Waals surface area contributed by atoms with Gasteiger partial charge in [-0.3, -0.25) is 4.79 Å². The maximum Gasteiger partial charge on any atom is 0.248 e. The van der Waals surface area contributed by atoms with Crippen LogP contribution >= 0.6 is 11.3 Å². The molecule has 1 atom stereocenters. The van der Waals surface area contributed by atoms with Gasteiger partial charge in [-0.15, -0.1) is 11.3 Å². The van der Waals surface area contributed by atoms with Crippen molar-refractivity contribution in [2.75, 3.05) is 18.5 Å². The fourth-order valence-electron chi connectivity index (χ4n) is 2.76. The maximum atomic E-state index is 11.9. The second kappa shape index (κ2) is 7.01. The number of carbonyl (C=O) groups excluding carboxylic acids is 1. The summed E-state index contributed by atoms with van der Waals surface area (Å²) in [5.41, 5.74) is 0.789. The Morgan fingerprint density at radius 1 is 1.48 bits per heavy atom. The van der Waals surface area contributed by atoms with Crippen LogP contribution in [0.2, 0.25) is 0 Å². The minimum absolute atomic E-state index is 0.106. The minimum atomic E-state index is -0.467. The number of hydrogen-bond donors (Lipinski definition) is 2. The fraction of sp³-hybridized carbons (Fsp3) is 0.467. The third-order valence-corrected chi connectivity index (χ3v) is 4.65. The highest BCUT2D eigenvalue weighted by Gasteiger charge is 2.28. The highest BCUT2D eigenvalue weighted by atomic mass is 32.1. The first-order valence-electron chi connectivity index (χ1n) is 7.60. The third-order valence-electron chi connectivity index (χ3n) is 3.82. The fourth-order valence-corrected chi connectivity index (χ4v) is 3.41. The SMILES string of the molecule is Cc1cnc(Nc2nccc([C@H]3CCCCN3C(=O)CO)n2)s1. The second-order valence-corrected chi connectivity index (χ2v) is 6.70. The monoisotopic (exact) mass is 333 g/mol. The van der Waals surface area contributed by atoms with E-state index in [2.05, 4.69) is 20.3 Å². The van der Waals surface area contributed by atoms with Crippen LogP contribution in [0.25, 0.3) is 0 Å². The van der Waals surface area contributed by atoms with E-state index in [-0.39, 0.29) is 11.9 Å². The number of aromatic nitrogens is 3. The van der Waals surface area contributed by atoms with Gasteiger partial charge >= 0.3 is 0 Å². The summed E-state index contributed by atoms with van der Waals surface area (Å²) in [7, 11) is 0. The van der Waals surface area contributed by atoms with Crippen LogP contribution in [0.4, 0.5) is 11.1 Å². The molecule has 0 saturated carbocycles. The van der Waals surface area contributed by atoms with Crippen molar-refractivity contribution in [1.82, 2.24) is 19.9 Å². The first-order valence-corrected chi connectivity index (χ1v) is 8.42. The zero-order chi connectivity index (χ0) is 16.2. The molecule has 0 aliphatic carbocycles. The van der Waals surface area contributed by atoms with Crippen molar-refractivity contribution >= 4 is 28.3 Å². The van der Waals surface area contributed by atoms with Gasteiger partial charge in [0, 0.05) is 23.8 Å². The normalized spacial score (nSPS) is 18.0. The number of aryl methyl sites for hydroxylation is 1. The van der Waals surface area contributed by atoms with Crippen LogP contribution in [0.3, 0.4) is 0 Å². The van der Waals surface area contributed by atoms with E-state index in [4.69, 9.17) is 5.11 Å². The second-order valence-electron chi connectivity index (χ2n) is 5.46. The maximum absolute atomic E-state index is 11.9. The zero-order valence-corrected chi connectivity index (χ0v) is 13.7. The van der Waals surface area contributed by atoms with Gasteiger partial charge in [0.15, 0.2) is 5.13 Å². The molecule has 2 aromatic heterocycles. The molecule has 3 rings (SSSR count). The van der Waals surface area contributed by atoms with Gasteiger partial charge in [0.1, 0.15) is 6.61 Å². The molecule has 0 bridgehead atoms. The van der Waals surface area contributed by atoms with Gasteiger partial charge in [-0.1, -0.05) is 0 Å². The average Bonchev–Trinajstić information content (AvgIpc) is 2.99. The molecule has 2 aromatic rings. The van der Waals surface area contributed by atoms with E-state index in [1.54, 1.807) is 17.3 Å². The van der Waals surface area contributed by atoms with Crippen molar-refractivity contribution in [2.45, 2.75) is 32.2 Å². The molecule has 0 aromatic carbocycles. The van der Waals surface area contributed by atoms with Gasteiger partial charge in [-0.25, -0.2) is 15.0 Å². The number of piperidine rings is 1. The van der Waals surface area contributed by atoms with E-state index in [1.807, 2.05) is 13.0 Å². The van der Waals surface area contributed by atoms with Crippen LogP contribution in [0.5, 0.6) is 0 Å². The summed E-state index contributed by atoms with van der Waals surface area (Å²) in [5, 5.41) is 13.0. The molecule has 8 heteroatoms. The Labute approximate surface area is 138 Å². The lowest BCUT2D eigenvalue weighted by molar-refractivity contribution is -0.138. The van der Waals surface area contributed by atoms with E-state index >= 15 is 0 Å². The molecule has 1 aliphatic rings. The third kappa shape index (κ3) is 3.65. The Kier molecular flexibility index (Phi) is 4.82. The number of anilines is 2. The number of aliphatic hydroxyl groups excluding tert-OH is 1. The molecule has 7 nitrogen and oxygen atoms in total. The number of amides is 1. The van der Waals surface area contributed by atoms with Crippen LogP contribution < -0.4 is 5.32 Å².